The number of rotatable bonds is 7. The highest BCUT2D eigenvalue weighted by molar-refractivity contribution is 5.80. The Morgan fingerprint density at radius 2 is 1.79 bits per heavy atom. The number of halogens is 1. The average Bonchev–Trinajstić information content (AvgIpc) is 2.71. The minimum Gasteiger partial charge on any atom is -0.481 e. The predicted octanol–water partition coefficient (Wildman–Crippen LogP) is 3.09. The molecular formula is C22H27FN2O3. The largest absolute Gasteiger partial charge is 0.481 e. The van der Waals surface area contributed by atoms with Gasteiger partial charge in [0.05, 0.1) is 19.3 Å². The van der Waals surface area contributed by atoms with Crippen LogP contribution in [-0.4, -0.2) is 49.8 Å². The molecule has 150 valence electrons. The molecule has 2 aromatic carbocycles. The number of nitrogens with zero attached hydrogens (tertiary/aromatic N) is 1. The highest BCUT2D eigenvalue weighted by atomic mass is 19.1. The number of carbonyl (C=O) groups is 1. The van der Waals surface area contributed by atoms with Crippen molar-refractivity contribution >= 4 is 5.91 Å². The van der Waals surface area contributed by atoms with E-state index in [-0.39, 0.29) is 17.8 Å². The summed E-state index contributed by atoms with van der Waals surface area (Å²) >= 11 is 0. The summed E-state index contributed by atoms with van der Waals surface area (Å²) in [6, 6.07) is 14.0. The maximum Gasteiger partial charge on any atom is 0.260 e. The zero-order valence-corrected chi connectivity index (χ0v) is 16.4. The van der Waals surface area contributed by atoms with E-state index in [2.05, 4.69) is 10.2 Å². The van der Waals surface area contributed by atoms with E-state index in [0.717, 1.165) is 24.2 Å². The molecule has 2 atom stereocenters. The first-order valence-electron chi connectivity index (χ1n) is 9.61. The third-order valence-electron chi connectivity index (χ3n) is 4.91. The Labute approximate surface area is 165 Å². The Balaban J connectivity index is 1.62. The summed E-state index contributed by atoms with van der Waals surface area (Å²) in [6.07, 6.45) is -0.610. The van der Waals surface area contributed by atoms with Gasteiger partial charge in [0.25, 0.3) is 5.91 Å². The van der Waals surface area contributed by atoms with Crippen molar-refractivity contribution in [3.8, 4) is 5.75 Å². The van der Waals surface area contributed by atoms with Crippen molar-refractivity contribution in [1.82, 2.24) is 10.2 Å². The number of benzene rings is 2. The van der Waals surface area contributed by atoms with Gasteiger partial charge in [-0.2, -0.15) is 0 Å². The summed E-state index contributed by atoms with van der Waals surface area (Å²) in [7, 11) is 0. The number of ether oxygens (including phenoxy) is 2. The second-order valence-corrected chi connectivity index (χ2v) is 7.03. The summed E-state index contributed by atoms with van der Waals surface area (Å²) in [5, 5.41) is 2.98. The molecule has 1 aliphatic heterocycles. The van der Waals surface area contributed by atoms with E-state index in [0.29, 0.717) is 25.5 Å². The summed E-state index contributed by atoms with van der Waals surface area (Å²) in [6.45, 7) is 7.00. The molecule has 0 bridgehead atoms. The van der Waals surface area contributed by atoms with Crippen molar-refractivity contribution in [3.63, 3.8) is 0 Å². The second kappa shape index (κ2) is 9.66. The van der Waals surface area contributed by atoms with Gasteiger partial charge in [0.2, 0.25) is 0 Å². The number of amides is 1. The number of hydrogen-bond donors (Lipinski definition) is 1. The first-order chi connectivity index (χ1) is 13.5. The molecule has 0 aromatic heterocycles. The fourth-order valence-corrected chi connectivity index (χ4v) is 3.25. The lowest BCUT2D eigenvalue weighted by Gasteiger charge is -2.35. The van der Waals surface area contributed by atoms with Gasteiger partial charge in [-0.3, -0.25) is 9.69 Å². The Morgan fingerprint density at radius 1 is 1.14 bits per heavy atom. The summed E-state index contributed by atoms with van der Waals surface area (Å²) in [5.41, 5.74) is 2.10. The van der Waals surface area contributed by atoms with Crippen molar-refractivity contribution in [2.75, 3.05) is 32.8 Å². The highest BCUT2D eigenvalue weighted by Crippen LogP contribution is 2.22. The number of aryl methyl sites for hydroxylation is 1. The SMILES string of the molecule is Cc1ccc(OC(C)C(=O)NCC(c2ccc(F)cc2)N2CCOCC2)cc1. The molecule has 1 amide bonds. The van der Waals surface area contributed by atoms with Gasteiger partial charge in [0.1, 0.15) is 11.6 Å². The number of hydrogen-bond acceptors (Lipinski definition) is 4. The van der Waals surface area contributed by atoms with Gasteiger partial charge in [-0.05, 0) is 43.7 Å². The number of carbonyl (C=O) groups excluding carboxylic acids is 1. The third-order valence-corrected chi connectivity index (χ3v) is 4.91. The quantitative estimate of drug-likeness (QED) is 0.795. The lowest BCUT2D eigenvalue weighted by atomic mass is 10.0. The van der Waals surface area contributed by atoms with Crippen molar-refractivity contribution < 1.29 is 18.7 Å². The Bertz CT molecular complexity index is 758. The van der Waals surface area contributed by atoms with Crippen LogP contribution in [0.15, 0.2) is 48.5 Å². The second-order valence-electron chi connectivity index (χ2n) is 7.03. The molecule has 0 radical (unpaired) electrons. The first kappa shape index (κ1) is 20.3. The molecule has 1 aliphatic rings. The normalized spacial score (nSPS) is 17.0. The van der Waals surface area contributed by atoms with Crippen molar-refractivity contribution in [1.29, 1.82) is 0 Å². The van der Waals surface area contributed by atoms with Gasteiger partial charge in [0.15, 0.2) is 6.10 Å². The van der Waals surface area contributed by atoms with E-state index in [9.17, 15) is 9.18 Å². The van der Waals surface area contributed by atoms with E-state index in [1.807, 2.05) is 31.2 Å². The molecule has 2 aromatic rings. The predicted molar refractivity (Wildman–Crippen MR) is 106 cm³/mol. The minimum absolute atomic E-state index is 0.0416. The lowest BCUT2D eigenvalue weighted by molar-refractivity contribution is -0.127. The van der Waals surface area contributed by atoms with Crippen LogP contribution in [0.4, 0.5) is 4.39 Å². The molecule has 1 saturated heterocycles. The molecule has 28 heavy (non-hydrogen) atoms. The van der Waals surface area contributed by atoms with E-state index in [1.165, 1.54) is 12.1 Å². The first-order valence-corrected chi connectivity index (χ1v) is 9.61. The average molecular weight is 386 g/mol. The summed E-state index contributed by atoms with van der Waals surface area (Å²) < 4.78 is 24.5. The van der Waals surface area contributed by atoms with Crippen LogP contribution in [0, 0.1) is 12.7 Å². The van der Waals surface area contributed by atoms with Crippen molar-refractivity contribution in [2.45, 2.75) is 26.0 Å². The summed E-state index contributed by atoms with van der Waals surface area (Å²) in [4.78, 5) is 14.8. The van der Waals surface area contributed by atoms with E-state index in [1.54, 1.807) is 19.1 Å². The van der Waals surface area contributed by atoms with E-state index < -0.39 is 6.10 Å². The Morgan fingerprint density at radius 3 is 2.43 bits per heavy atom. The standard InChI is InChI=1S/C22H27FN2O3/c1-16-3-9-20(10-4-16)28-17(2)22(26)24-15-21(25-11-13-27-14-12-25)18-5-7-19(23)8-6-18/h3-10,17,21H,11-15H2,1-2H3,(H,24,26). The van der Waals surface area contributed by atoms with Crippen LogP contribution in [0.5, 0.6) is 5.75 Å². The van der Waals surface area contributed by atoms with Crippen LogP contribution >= 0.6 is 0 Å². The molecule has 1 N–H and O–H groups in total. The fourth-order valence-electron chi connectivity index (χ4n) is 3.25. The zero-order valence-electron chi connectivity index (χ0n) is 16.4. The van der Waals surface area contributed by atoms with Crippen LogP contribution in [0.25, 0.3) is 0 Å². The van der Waals surface area contributed by atoms with E-state index >= 15 is 0 Å². The van der Waals surface area contributed by atoms with Gasteiger partial charge in [-0.25, -0.2) is 4.39 Å². The molecule has 1 fully saturated rings. The van der Waals surface area contributed by atoms with Crippen LogP contribution in [0.2, 0.25) is 0 Å². The maximum absolute atomic E-state index is 13.3. The van der Waals surface area contributed by atoms with Crippen LogP contribution in [-0.2, 0) is 9.53 Å². The monoisotopic (exact) mass is 386 g/mol. The molecule has 1 heterocycles. The smallest absolute Gasteiger partial charge is 0.260 e. The molecular weight excluding hydrogens is 359 g/mol. The van der Waals surface area contributed by atoms with E-state index in [4.69, 9.17) is 9.47 Å². The van der Waals surface area contributed by atoms with Gasteiger partial charge in [-0.15, -0.1) is 0 Å². The molecule has 5 nitrogen and oxygen atoms in total. The van der Waals surface area contributed by atoms with Crippen LogP contribution < -0.4 is 10.1 Å². The summed E-state index contributed by atoms with van der Waals surface area (Å²) in [5.74, 6) is 0.214. The van der Waals surface area contributed by atoms with Crippen molar-refractivity contribution in [2.24, 2.45) is 0 Å². The van der Waals surface area contributed by atoms with Crippen molar-refractivity contribution in [3.05, 3.63) is 65.5 Å². The number of morpholine rings is 1. The molecule has 2 unspecified atom stereocenters. The topological polar surface area (TPSA) is 50.8 Å². The molecule has 6 heteroatoms. The van der Waals surface area contributed by atoms with Gasteiger partial charge < -0.3 is 14.8 Å². The zero-order chi connectivity index (χ0) is 19.9. The molecule has 3 rings (SSSR count). The van der Waals surface area contributed by atoms with Gasteiger partial charge in [0, 0.05) is 19.6 Å². The van der Waals surface area contributed by atoms with Crippen LogP contribution in [0.3, 0.4) is 0 Å². The lowest BCUT2D eigenvalue weighted by Crippen LogP contribution is -2.45. The molecule has 0 aliphatic carbocycles. The third kappa shape index (κ3) is 5.53. The van der Waals surface area contributed by atoms with Gasteiger partial charge >= 0.3 is 0 Å². The van der Waals surface area contributed by atoms with Crippen LogP contribution in [0.1, 0.15) is 24.1 Å². The molecule has 0 saturated carbocycles. The highest BCUT2D eigenvalue weighted by Gasteiger charge is 2.24. The Kier molecular flexibility index (Phi) is 7.01. The molecule has 0 spiro atoms. The Hall–Kier alpha value is -2.44. The maximum atomic E-state index is 13.3. The fraction of sp³-hybridized carbons (Fsp3) is 0.409. The van der Waals surface area contributed by atoms with Gasteiger partial charge in [-0.1, -0.05) is 29.8 Å². The minimum atomic E-state index is -0.610. The number of nitrogens with one attached hydrogen (secondary N) is 1.